The van der Waals surface area contributed by atoms with Gasteiger partial charge >= 0.3 is 0 Å². The Morgan fingerprint density at radius 1 is 1.25 bits per heavy atom. The molecule has 0 aromatic carbocycles. The van der Waals surface area contributed by atoms with Gasteiger partial charge in [-0.2, -0.15) is 4.98 Å². The summed E-state index contributed by atoms with van der Waals surface area (Å²) in [4.78, 5) is 13.3. The second-order valence-corrected chi connectivity index (χ2v) is 4.43. The van der Waals surface area contributed by atoms with Crippen molar-refractivity contribution in [1.82, 2.24) is 15.0 Å². The van der Waals surface area contributed by atoms with Gasteiger partial charge in [-0.25, -0.2) is 9.97 Å². The number of ether oxygens (including phenoxy) is 1. The molecule has 2 aromatic heterocycles. The van der Waals surface area contributed by atoms with Crippen LogP contribution < -0.4 is 4.74 Å². The van der Waals surface area contributed by atoms with Gasteiger partial charge in [0.1, 0.15) is 5.69 Å². The van der Waals surface area contributed by atoms with Crippen LogP contribution in [0, 0.1) is 19.3 Å². The van der Waals surface area contributed by atoms with Crippen LogP contribution in [0.3, 0.4) is 0 Å². The van der Waals surface area contributed by atoms with Crippen molar-refractivity contribution in [2.24, 2.45) is 0 Å². The Kier molecular flexibility index (Phi) is 4.67. The van der Waals surface area contributed by atoms with Crippen LogP contribution in [0.2, 0.25) is 0 Å². The molecular formula is C16H17N3O. The van der Waals surface area contributed by atoms with E-state index in [-0.39, 0.29) is 6.61 Å². The Hall–Kier alpha value is -2.41. The van der Waals surface area contributed by atoms with Crippen LogP contribution in [-0.4, -0.2) is 21.6 Å². The molecule has 0 atom stereocenters. The first-order chi connectivity index (χ1) is 9.72. The molecule has 0 aliphatic heterocycles. The number of hydrogen-bond acceptors (Lipinski definition) is 4. The molecular weight excluding hydrogens is 250 g/mol. The highest BCUT2D eigenvalue weighted by atomic mass is 16.5. The standard InChI is InChI=1S/C16H17N3O/c1-4-7-13-8-6-9-14(18-13)16-17-12(3)11-15(19-16)20-10-5-2/h2,6,8-9,11H,4,7,10H2,1,3H3. The lowest BCUT2D eigenvalue weighted by molar-refractivity contribution is 0.355. The highest BCUT2D eigenvalue weighted by Crippen LogP contribution is 2.18. The van der Waals surface area contributed by atoms with E-state index in [0.29, 0.717) is 11.7 Å². The molecule has 0 saturated heterocycles. The largest absolute Gasteiger partial charge is 0.464 e. The van der Waals surface area contributed by atoms with E-state index in [2.05, 4.69) is 27.8 Å². The minimum atomic E-state index is 0.194. The van der Waals surface area contributed by atoms with Crippen molar-refractivity contribution in [3.05, 3.63) is 35.7 Å². The molecule has 2 heterocycles. The molecule has 0 N–H and O–H groups in total. The van der Waals surface area contributed by atoms with Crippen molar-refractivity contribution < 1.29 is 4.74 Å². The summed E-state index contributed by atoms with van der Waals surface area (Å²) in [5.41, 5.74) is 2.62. The van der Waals surface area contributed by atoms with Crippen molar-refractivity contribution >= 4 is 0 Å². The molecule has 0 radical (unpaired) electrons. The maximum atomic E-state index is 5.36. The fourth-order valence-electron chi connectivity index (χ4n) is 1.84. The van der Waals surface area contributed by atoms with Crippen LogP contribution in [0.25, 0.3) is 11.5 Å². The predicted octanol–water partition coefficient (Wildman–Crippen LogP) is 2.81. The SMILES string of the molecule is C#CCOc1cc(C)nc(-c2cccc(CCC)n2)n1. The lowest BCUT2D eigenvalue weighted by Gasteiger charge is -2.06. The van der Waals surface area contributed by atoms with Gasteiger partial charge in [-0.1, -0.05) is 25.3 Å². The van der Waals surface area contributed by atoms with Gasteiger partial charge in [0.05, 0.1) is 0 Å². The first-order valence-corrected chi connectivity index (χ1v) is 6.61. The highest BCUT2D eigenvalue weighted by molar-refractivity contribution is 5.50. The maximum absolute atomic E-state index is 5.36. The molecule has 0 amide bonds. The molecule has 0 bridgehead atoms. The molecule has 0 aliphatic carbocycles. The second-order valence-electron chi connectivity index (χ2n) is 4.43. The summed E-state index contributed by atoms with van der Waals surface area (Å²) in [6.07, 6.45) is 7.19. The first kappa shape index (κ1) is 14.0. The molecule has 0 unspecified atom stereocenters. The highest BCUT2D eigenvalue weighted by Gasteiger charge is 2.07. The summed E-state index contributed by atoms with van der Waals surface area (Å²) >= 11 is 0. The zero-order chi connectivity index (χ0) is 14.4. The van der Waals surface area contributed by atoms with Gasteiger partial charge in [-0.05, 0) is 25.5 Å². The van der Waals surface area contributed by atoms with Crippen LogP contribution in [0.15, 0.2) is 24.3 Å². The van der Waals surface area contributed by atoms with Gasteiger partial charge in [0.25, 0.3) is 0 Å². The molecule has 0 aliphatic rings. The topological polar surface area (TPSA) is 47.9 Å². The minimum Gasteiger partial charge on any atom is -0.464 e. The fraction of sp³-hybridized carbons (Fsp3) is 0.312. The van der Waals surface area contributed by atoms with E-state index >= 15 is 0 Å². The second kappa shape index (κ2) is 6.67. The summed E-state index contributed by atoms with van der Waals surface area (Å²) in [6, 6.07) is 7.65. The fourth-order valence-corrected chi connectivity index (χ4v) is 1.84. The monoisotopic (exact) mass is 267 g/mol. The molecule has 102 valence electrons. The van der Waals surface area contributed by atoms with Crippen molar-refractivity contribution in [3.8, 4) is 29.7 Å². The molecule has 0 spiro atoms. The quantitative estimate of drug-likeness (QED) is 0.782. The number of pyridine rings is 1. The van der Waals surface area contributed by atoms with Crippen LogP contribution >= 0.6 is 0 Å². The van der Waals surface area contributed by atoms with Gasteiger partial charge in [-0.3, -0.25) is 0 Å². The average Bonchev–Trinajstić information content (AvgIpc) is 2.45. The van der Waals surface area contributed by atoms with E-state index in [1.807, 2.05) is 25.1 Å². The van der Waals surface area contributed by atoms with E-state index in [0.717, 1.165) is 29.9 Å². The van der Waals surface area contributed by atoms with Crippen LogP contribution in [0.4, 0.5) is 0 Å². The Labute approximate surface area is 119 Å². The van der Waals surface area contributed by atoms with Gasteiger partial charge < -0.3 is 4.74 Å². The van der Waals surface area contributed by atoms with Crippen LogP contribution in [-0.2, 0) is 6.42 Å². The van der Waals surface area contributed by atoms with E-state index < -0.39 is 0 Å². The van der Waals surface area contributed by atoms with Crippen LogP contribution in [0.1, 0.15) is 24.7 Å². The van der Waals surface area contributed by atoms with E-state index in [4.69, 9.17) is 11.2 Å². The lowest BCUT2D eigenvalue weighted by Crippen LogP contribution is -2.01. The summed E-state index contributed by atoms with van der Waals surface area (Å²) in [7, 11) is 0. The van der Waals surface area contributed by atoms with Crippen molar-refractivity contribution in [3.63, 3.8) is 0 Å². The number of aryl methyl sites for hydroxylation is 2. The maximum Gasteiger partial charge on any atom is 0.218 e. The van der Waals surface area contributed by atoms with Gasteiger partial charge in [0.2, 0.25) is 5.88 Å². The molecule has 4 heteroatoms. The molecule has 0 fully saturated rings. The lowest BCUT2D eigenvalue weighted by atomic mass is 10.2. The summed E-state index contributed by atoms with van der Waals surface area (Å²) < 4.78 is 5.36. The Morgan fingerprint density at radius 3 is 2.85 bits per heavy atom. The summed E-state index contributed by atoms with van der Waals surface area (Å²) in [5.74, 6) is 3.47. The molecule has 20 heavy (non-hydrogen) atoms. The number of rotatable bonds is 5. The van der Waals surface area contributed by atoms with Crippen molar-refractivity contribution in [2.75, 3.05) is 6.61 Å². The number of terminal acetylenes is 1. The Morgan fingerprint density at radius 2 is 2.10 bits per heavy atom. The van der Waals surface area contributed by atoms with Crippen LogP contribution in [0.5, 0.6) is 5.88 Å². The van der Waals surface area contributed by atoms with Gasteiger partial charge in [0.15, 0.2) is 12.4 Å². The summed E-state index contributed by atoms with van der Waals surface area (Å²) in [5, 5.41) is 0. The Balaban J connectivity index is 2.34. The van der Waals surface area contributed by atoms with E-state index in [1.165, 1.54) is 0 Å². The molecule has 0 saturated carbocycles. The minimum absolute atomic E-state index is 0.194. The number of hydrogen-bond donors (Lipinski definition) is 0. The third-order valence-electron chi connectivity index (χ3n) is 2.68. The third-order valence-corrected chi connectivity index (χ3v) is 2.68. The number of aromatic nitrogens is 3. The normalized spacial score (nSPS) is 10.1. The molecule has 2 rings (SSSR count). The first-order valence-electron chi connectivity index (χ1n) is 6.61. The van der Waals surface area contributed by atoms with E-state index in [9.17, 15) is 0 Å². The third kappa shape index (κ3) is 3.55. The van der Waals surface area contributed by atoms with Crippen molar-refractivity contribution in [1.29, 1.82) is 0 Å². The summed E-state index contributed by atoms with van der Waals surface area (Å²) in [6.45, 7) is 4.21. The predicted molar refractivity (Wildman–Crippen MR) is 78.3 cm³/mol. The van der Waals surface area contributed by atoms with Crippen molar-refractivity contribution in [2.45, 2.75) is 26.7 Å². The van der Waals surface area contributed by atoms with Gasteiger partial charge in [-0.15, -0.1) is 6.42 Å². The zero-order valence-electron chi connectivity index (χ0n) is 11.8. The molecule has 2 aromatic rings. The molecule has 4 nitrogen and oxygen atoms in total. The Bertz CT molecular complexity index is 632. The van der Waals surface area contributed by atoms with E-state index in [1.54, 1.807) is 6.07 Å². The number of nitrogens with zero attached hydrogens (tertiary/aromatic N) is 3. The zero-order valence-corrected chi connectivity index (χ0v) is 11.8. The smallest absolute Gasteiger partial charge is 0.218 e. The average molecular weight is 267 g/mol. The van der Waals surface area contributed by atoms with Gasteiger partial charge in [0, 0.05) is 17.5 Å².